The summed E-state index contributed by atoms with van der Waals surface area (Å²) in [6, 6.07) is 0. The quantitative estimate of drug-likeness (QED) is 0.0283. The highest BCUT2D eigenvalue weighted by atomic mass is 32.2. The molecule has 1 aromatic rings. The van der Waals surface area contributed by atoms with E-state index in [2.05, 4.69) is 26.7 Å². The van der Waals surface area contributed by atoms with Crippen molar-refractivity contribution >= 4 is 23.5 Å². The predicted octanol–water partition coefficient (Wildman–Crippen LogP) is 2.01. The molecule has 0 aliphatic heterocycles. The van der Waals surface area contributed by atoms with Crippen LogP contribution in [0.2, 0.25) is 0 Å². The van der Waals surface area contributed by atoms with Crippen molar-refractivity contribution in [3.63, 3.8) is 0 Å². The highest BCUT2D eigenvalue weighted by Crippen LogP contribution is 2.16. The van der Waals surface area contributed by atoms with Crippen LogP contribution in [0.15, 0.2) is 34.6 Å². The van der Waals surface area contributed by atoms with Crippen molar-refractivity contribution in [2.24, 2.45) is 10.8 Å². The lowest BCUT2D eigenvalue weighted by molar-refractivity contribution is -0.0175. The van der Waals surface area contributed by atoms with Crippen LogP contribution in [-0.2, 0) is 63.4 Å². The maximum Gasteiger partial charge on any atom is 0.188 e. The summed E-state index contributed by atoms with van der Waals surface area (Å²) in [7, 11) is 0. The first-order chi connectivity index (χ1) is 26.8. The Hall–Kier alpha value is -1.60. The van der Waals surface area contributed by atoms with Gasteiger partial charge in [-0.3, -0.25) is 0 Å². The van der Waals surface area contributed by atoms with Gasteiger partial charge in [-0.1, -0.05) is 11.8 Å². The summed E-state index contributed by atoms with van der Waals surface area (Å²) < 4.78 is 65.6. The molecule has 1 rings (SSSR count). The van der Waals surface area contributed by atoms with Crippen LogP contribution in [0.4, 0.5) is 0 Å². The largest absolute Gasteiger partial charge is 0.387 e. The number of hydrogen-bond acceptors (Lipinski definition) is 20. The molecule has 0 aromatic carbocycles. The Balaban J connectivity index is 1.75. The van der Waals surface area contributed by atoms with E-state index in [1.807, 2.05) is 0 Å². The molecule has 54 heavy (non-hydrogen) atoms. The summed E-state index contributed by atoms with van der Waals surface area (Å²) in [5.41, 5.74) is 14.1. The van der Waals surface area contributed by atoms with Gasteiger partial charge in [0.15, 0.2) is 5.16 Å². The highest BCUT2D eigenvalue weighted by Gasteiger charge is 2.01. The van der Waals surface area contributed by atoms with Crippen LogP contribution < -0.4 is 11.1 Å². The monoisotopic (exact) mass is 812 g/mol. The molecule has 0 saturated carbocycles. The predicted molar refractivity (Wildman–Crippen MR) is 205 cm³/mol. The summed E-state index contributed by atoms with van der Waals surface area (Å²) in [5, 5.41) is 8.26. The highest BCUT2D eigenvalue weighted by molar-refractivity contribution is 8.15. The Morgan fingerprint density at radius 3 is 1.41 bits per heavy atom. The number of nitrogens with zero attached hydrogens (tertiary/aromatic N) is 3. The van der Waals surface area contributed by atoms with Crippen LogP contribution in [0, 0.1) is 5.53 Å². The molecule has 0 radical (unpaired) electrons. The van der Waals surface area contributed by atoms with Gasteiger partial charge in [-0.25, -0.2) is 15.5 Å². The molecular formula is C34H64N6O12S2. The third kappa shape index (κ3) is 36.1. The summed E-state index contributed by atoms with van der Waals surface area (Å²) in [4.78, 5) is 8.63. The average molecular weight is 813 g/mol. The number of nitrogens with one attached hydrogen (secondary N) is 2. The minimum atomic E-state index is 0.206. The van der Waals surface area contributed by atoms with Gasteiger partial charge in [-0.05, 0) is 6.26 Å². The molecule has 314 valence electrons. The molecule has 0 amide bonds. The summed E-state index contributed by atoms with van der Waals surface area (Å²) in [6.45, 7) is 12.4. The molecule has 0 saturated heterocycles. The lowest BCUT2D eigenvalue weighted by Gasteiger charge is -2.09. The summed E-state index contributed by atoms with van der Waals surface area (Å²) in [5.74, 6) is 0. The number of ether oxygens (including phenoxy) is 12. The van der Waals surface area contributed by atoms with Gasteiger partial charge in [0.1, 0.15) is 5.70 Å². The van der Waals surface area contributed by atoms with Crippen LogP contribution in [0.1, 0.15) is 5.56 Å². The van der Waals surface area contributed by atoms with E-state index in [-0.39, 0.29) is 6.61 Å². The van der Waals surface area contributed by atoms with Crippen molar-refractivity contribution in [1.29, 1.82) is 5.53 Å². The molecule has 0 spiro atoms. The third-order valence-corrected chi connectivity index (χ3v) is 8.17. The minimum Gasteiger partial charge on any atom is -0.387 e. The van der Waals surface area contributed by atoms with Gasteiger partial charge in [-0.15, -0.1) is 0 Å². The van der Waals surface area contributed by atoms with E-state index >= 15 is 0 Å². The molecule has 18 nitrogen and oxygen atoms in total. The first-order valence-corrected chi connectivity index (χ1v) is 20.5. The minimum absolute atomic E-state index is 0.206. The summed E-state index contributed by atoms with van der Waals surface area (Å²) >= 11 is 3.37. The fraction of sp³-hybridized carbons (Fsp3) is 0.824. The van der Waals surface area contributed by atoms with E-state index in [0.717, 1.165) is 15.8 Å². The van der Waals surface area contributed by atoms with Gasteiger partial charge in [0, 0.05) is 42.3 Å². The Bertz CT molecular complexity index is 966. The maximum absolute atomic E-state index is 7.30. The van der Waals surface area contributed by atoms with Gasteiger partial charge in [0.25, 0.3) is 0 Å². The van der Waals surface area contributed by atoms with Crippen molar-refractivity contribution in [2.45, 2.75) is 11.8 Å². The zero-order valence-electron chi connectivity index (χ0n) is 32.0. The molecule has 0 bridgehead atoms. The van der Waals surface area contributed by atoms with E-state index < -0.39 is 0 Å². The van der Waals surface area contributed by atoms with Gasteiger partial charge in [-0.2, -0.15) is 16.9 Å². The number of thioether (sulfide) groups is 2. The van der Waals surface area contributed by atoms with Crippen LogP contribution in [0.5, 0.6) is 0 Å². The van der Waals surface area contributed by atoms with Gasteiger partial charge >= 0.3 is 0 Å². The Morgan fingerprint density at radius 2 is 1.00 bits per heavy atom. The second-order valence-corrected chi connectivity index (χ2v) is 12.8. The molecule has 0 atom stereocenters. The van der Waals surface area contributed by atoms with Crippen LogP contribution in [0.25, 0.3) is 0 Å². The van der Waals surface area contributed by atoms with E-state index in [4.69, 9.17) is 68.1 Å². The number of hydrogen-bond donors (Lipinski definition) is 3. The second kappa shape index (κ2) is 42.5. The molecule has 1 aromatic heterocycles. The van der Waals surface area contributed by atoms with E-state index in [0.29, 0.717) is 171 Å². The average Bonchev–Trinajstić information content (AvgIpc) is 3.19. The fourth-order valence-corrected chi connectivity index (χ4v) is 4.83. The van der Waals surface area contributed by atoms with Gasteiger partial charge < -0.3 is 67.9 Å². The molecule has 4 N–H and O–H groups in total. The zero-order valence-corrected chi connectivity index (χ0v) is 33.6. The first kappa shape index (κ1) is 50.4. The van der Waals surface area contributed by atoms with Crippen molar-refractivity contribution in [2.75, 3.05) is 176 Å². The number of nitrogens with two attached hydrogens (primary N) is 1. The zero-order chi connectivity index (χ0) is 38.7. The van der Waals surface area contributed by atoms with Crippen molar-refractivity contribution < 1.29 is 56.8 Å². The van der Waals surface area contributed by atoms with E-state index in [1.165, 1.54) is 0 Å². The Morgan fingerprint density at radius 1 is 0.611 bits per heavy atom. The Kier molecular flexibility index (Phi) is 39.7. The second-order valence-electron chi connectivity index (χ2n) is 10.6. The molecule has 0 unspecified atom stereocenters. The van der Waals surface area contributed by atoms with Crippen LogP contribution in [-0.4, -0.2) is 186 Å². The van der Waals surface area contributed by atoms with Crippen molar-refractivity contribution in [3.05, 3.63) is 29.9 Å². The maximum atomic E-state index is 7.30. The molecule has 0 fully saturated rings. The van der Waals surface area contributed by atoms with Gasteiger partial charge in [0.2, 0.25) is 0 Å². The topological polar surface area (TPSA) is 211 Å². The summed E-state index contributed by atoms with van der Waals surface area (Å²) in [6.07, 6.45) is 7.29. The van der Waals surface area contributed by atoms with Crippen LogP contribution >= 0.6 is 23.5 Å². The molecule has 0 aliphatic carbocycles. The number of aromatic nitrogens is 2. The molecule has 0 aliphatic rings. The van der Waals surface area contributed by atoms with Crippen molar-refractivity contribution in [1.82, 2.24) is 15.3 Å². The van der Waals surface area contributed by atoms with Crippen molar-refractivity contribution in [3.8, 4) is 0 Å². The van der Waals surface area contributed by atoms with E-state index in [9.17, 15) is 0 Å². The smallest absolute Gasteiger partial charge is 0.188 e. The number of rotatable bonds is 44. The molecular weight excluding hydrogens is 749 g/mol. The van der Waals surface area contributed by atoms with Crippen LogP contribution in [0.3, 0.4) is 0 Å². The lowest BCUT2D eigenvalue weighted by Crippen LogP contribution is -2.18. The normalized spacial score (nSPS) is 11.8. The van der Waals surface area contributed by atoms with E-state index in [1.54, 1.807) is 42.1 Å². The Labute approximate surface area is 329 Å². The molecule has 20 heteroatoms. The SMILES string of the molecule is CSCSc1ncc(COCCOCCOCCOCCOCCOCCN/C=C(/COCCOCCOCCOCCOCCOCCN)N=N)cn1. The first-order valence-electron chi connectivity index (χ1n) is 18.2. The third-order valence-electron chi connectivity index (χ3n) is 6.29. The standard InChI is InChI=1S/C34H64N6O12S2/c1-53-31-54-34-38-26-32(27-39-34)29-51-24-22-49-20-18-47-16-15-46-13-11-44-9-7-42-5-3-37-28-33(40-36)30-52-25-23-50-21-19-48-17-14-45-12-10-43-8-6-41-4-2-35/h26-28,36-37H,2-25,29-31,35H2,1H3/b33-28-,40-36?. The molecule has 1 heterocycles. The van der Waals surface area contributed by atoms with Gasteiger partial charge in [0.05, 0.1) is 159 Å². The lowest BCUT2D eigenvalue weighted by atomic mass is 10.4. The fourth-order valence-electron chi connectivity index (χ4n) is 3.68.